The normalized spacial score (nSPS) is 23.6. The van der Waals surface area contributed by atoms with Gasteiger partial charge in [-0.2, -0.15) is 13.2 Å². The molecule has 0 radical (unpaired) electrons. The molecule has 50 heavy (non-hydrogen) atoms. The van der Waals surface area contributed by atoms with Gasteiger partial charge in [0.15, 0.2) is 0 Å². The second-order valence-electron chi connectivity index (χ2n) is 16.6. The van der Waals surface area contributed by atoms with Gasteiger partial charge >= 0.3 is 12.2 Å². The second kappa shape index (κ2) is 15.3. The van der Waals surface area contributed by atoms with E-state index in [1.807, 2.05) is 34.6 Å². The van der Waals surface area contributed by atoms with Crippen molar-refractivity contribution in [3.05, 3.63) is 12.7 Å². The predicted octanol–water partition coefficient (Wildman–Crippen LogP) is 3.31. The number of alkyl halides is 3. The minimum atomic E-state index is -4.65. The van der Waals surface area contributed by atoms with Crippen molar-refractivity contribution in [3.8, 4) is 0 Å². The van der Waals surface area contributed by atoms with Crippen LogP contribution in [0.5, 0.6) is 0 Å². The van der Waals surface area contributed by atoms with Crippen molar-refractivity contribution in [2.24, 2.45) is 28.1 Å². The van der Waals surface area contributed by atoms with Crippen LogP contribution >= 0.6 is 0 Å². The Balaban J connectivity index is 1.84. The van der Waals surface area contributed by atoms with Crippen LogP contribution in [0.15, 0.2) is 12.7 Å². The van der Waals surface area contributed by atoms with Crippen LogP contribution in [0.3, 0.4) is 0 Å². The summed E-state index contributed by atoms with van der Waals surface area (Å²) in [5.41, 5.74) is -1.66. The molecule has 3 aliphatic rings. The standard InChI is InChI=1S/C35H55F3N6O6/c1-10-16-39-29(48)26(46)21(14-15-35(36,37)38)40-28(47)25-24-20(34(24,8)9)18-44(25)30(49)27(33(5,6)7)42-31(50)41-22(32(2,3)4)19-43-17-12-11-13-23(43)45/h10,20-22,24-25,27H,1,11-19H2,2-9H3,(H,39,48)(H,40,47)(H2,41,42,50)/t20-,21?,22+,24?,25-,27+/m0/s1. The van der Waals surface area contributed by atoms with Crippen LogP contribution in [0.1, 0.15) is 87.5 Å². The molecule has 6 amide bonds. The topological polar surface area (TPSA) is 157 Å². The van der Waals surface area contributed by atoms with E-state index in [1.54, 1.807) is 25.7 Å². The second-order valence-corrected chi connectivity index (χ2v) is 16.6. The van der Waals surface area contributed by atoms with Crippen LogP contribution in [0, 0.1) is 28.1 Å². The van der Waals surface area contributed by atoms with Crippen molar-refractivity contribution in [3.63, 3.8) is 0 Å². The van der Waals surface area contributed by atoms with E-state index in [-0.39, 0.29) is 36.2 Å². The Morgan fingerprint density at radius 3 is 2.16 bits per heavy atom. The highest BCUT2D eigenvalue weighted by Crippen LogP contribution is 2.65. The molecule has 282 valence electrons. The summed E-state index contributed by atoms with van der Waals surface area (Å²) >= 11 is 0. The average Bonchev–Trinajstić information content (AvgIpc) is 3.30. The molecule has 2 saturated heterocycles. The Bertz CT molecular complexity index is 1340. The Kier molecular flexibility index (Phi) is 12.5. The third kappa shape index (κ3) is 9.99. The molecule has 2 heterocycles. The lowest BCUT2D eigenvalue weighted by molar-refractivity contribution is -0.148. The van der Waals surface area contributed by atoms with Crippen molar-refractivity contribution in [1.29, 1.82) is 0 Å². The van der Waals surface area contributed by atoms with Crippen molar-refractivity contribution in [2.45, 2.75) is 118 Å². The number of nitrogens with zero attached hydrogens (tertiary/aromatic N) is 2. The number of Topliss-reactive ketones (excluding diaryl/α,β-unsaturated/α-hetero) is 1. The molecule has 2 aliphatic heterocycles. The molecule has 3 rings (SSSR count). The number of urea groups is 1. The van der Waals surface area contributed by atoms with Gasteiger partial charge in [-0.3, -0.25) is 24.0 Å². The monoisotopic (exact) mass is 712 g/mol. The lowest BCUT2D eigenvalue weighted by Crippen LogP contribution is -2.63. The van der Waals surface area contributed by atoms with Gasteiger partial charge in [-0.05, 0) is 47.3 Å². The fourth-order valence-electron chi connectivity index (χ4n) is 7.01. The zero-order valence-corrected chi connectivity index (χ0v) is 30.6. The minimum Gasteiger partial charge on any atom is -0.346 e. The van der Waals surface area contributed by atoms with E-state index < -0.39 is 83.6 Å². The number of ketones is 1. The molecule has 0 aromatic carbocycles. The lowest BCUT2D eigenvalue weighted by Gasteiger charge is -2.40. The Labute approximate surface area is 293 Å². The van der Waals surface area contributed by atoms with E-state index >= 15 is 0 Å². The number of nitrogens with one attached hydrogen (secondary N) is 4. The minimum absolute atomic E-state index is 0.0232. The molecule has 0 aromatic rings. The average molecular weight is 713 g/mol. The number of halogens is 3. The number of likely N-dealkylation sites (tertiary alicyclic amines) is 2. The maximum absolute atomic E-state index is 14.3. The number of carbonyl (C=O) groups excluding carboxylic acids is 6. The first-order valence-corrected chi connectivity index (χ1v) is 17.4. The maximum atomic E-state index is 14.3. The fraction of sp³-hybridized carbons (Fsp3) is 0.771. The Morgan fingerprint density at radius 2 is 1.62 bits per heavy atom. The lowest BCUT2D eigenvalue weighted by atomic mass is 9.84. The first-order chi connectivity index (χ1) is 22.9. The molecule has 4 N–H and O–H groups in total. The van der Waals surface area contributed by atoms with E-state index in [0.717, 1.165) is 12.8 Å². The van der Waals surface area contributed by atoms with E-state index in [9.17, 15) is 41.9 Å². The summed E-state index contributed by atoms with van der Waals surface area (Å²) in [6.07, 6.45) is -3.49. The summed E-state index contributed by atoms with van der Waals surface area (Å²) in [7, 11) is 0. The summed E-state index contributed by atoms with van der Waals surface area (Å²) in [5.74, 6) is -4.25. The van der Waals surface area contributed by atoms with Gasteiger partial charge in [0.1, 0.15) is 12.1 Å². The number of amides is 6. The molecular weight excluding hydrogens is 657 g/mol. The largest absolute Gasteiger partial charge is 0.389 e. The molecule has 1 aliphatic carbocycles. The quantitative estimate of drug-likeness (QED) is 0.170. The van der Waals surface area contributed by atoms with E-state index in [2.05, 4.69) is 27.8 Å². The molecule has 1 saturated carbocycles. The van der Waals surface area contributed by atoms with Gasteiger partial charge < -0.3 is 31.1 Å². The highest BCUT2D eigenvalue weighted by Gasteiger charge is 2.70. The molecule has 6 atom stereocenters. The first-order valence-electron chi connectivity index (χ1n) is 17.4. The summed E-state index contributed by atoms with van der Waals surface area (Å²) < 4.78 is 39.6. The van der Waals surface area contributed by atoms with Crippen LogP contribution in [0.2, 0.25) is 0 Å². The number of fused-ring (bicyclic) bond motifs is 1. The van der Waals surface area contributed by atoms with Gasteiger partial charge in [-0.15, -0.1) is 6.58 Å². The third-order valence-corrected chi connectivity index (χ3v) is 10.3. The highest BCUT2D eigenvalue weighted by molar-refractivity contribution is 6.38. The van der Waals surface area contributed by atoms with Crippen molar-refractivity contribution >= 4 is 35.4 Å². The van der Waals surface area contributed by atoms with Gasteiger partial charge in [-0.25, -0.2) is 4.79 Å². The fourth-order valence-corrected chi connectivity index (χ4v) is 7.01. The Morgan fingerprint density at radius 1 is 0.980 bits per heavy atom. The van der Waals surface area contributed by atoms with Gasteiger partial charge in [0.25, 0.3) is 5.91 Å². The molecular formula is C35H55F3N6O6. The number of hydrogen-bond donors (Lipinski definition) is 4. The molecule has 2 unspecified atom stereocenters. The number of rotatable bonds is 13. The van der Waals surface area contributed by atoms with Gasteiger partial charge in [-0.1, -0.05) is 61.5 Å². The van der Waals surface area contributed by atoms with Crippen LogP contribution in [0.25, 0.3) is 0 Å². The van der Waals surface area contributed by atoms with Crippen molar-refractivity contribution in [2.75, 3.05) is 26.2 Å². The summed E-state index contributed by atoms with van der Waals surface area (Å²) in [6, 6.07) is -5.13. The van der Waals surface area contributed by atoms with Gasteiger partial charge in [0, 0.05) is 39.0 Å². The van der Waals surface area contributed by atoms with Crippen LogP contribution in [0.4, 0.5) is 18.0 Å². The zero-order valence-electron chi connectivity index (χ0n) is 30.6. The molecule has 15 heteroatoms. The maximum Gasteiger partial charge on any atom is 0.389 e. The summed E-state index contributed by atoms with van der Waals surface area (Å²) in [6.45, 7) is 19.3. The molecule has 12 nitrogen and oxygen atoms in total. The predicted molar refractivity (Wildman–Crippen MR) is 180 cm³/mol. The SMILES string of the molecule is C=CCNC(=O)C(=O)C(CCC(F)(F)F)NC(=O)[C@@H]1C2[C@H](CN1C(=O)[C@@H](NC(=O)N[C@H](CN1CCCCC1=O)C(C)(C)C)C(C)(C)C)C2(C)C. The summed E-state index contributed by atoms with van der Waals surface area (Å²) in [4.78, 5) is 82.7. The van der Waals surface area contributed by atoms with Crippen LogP contribution < -0.4 is 21.3 Å². The molecule has 3 fully saturated rings. The Hall–Kier alpha value is -3.65. The van der Waals surface area contributed by atoms with Gasteiger partial charge in [0.2, 0.25) is 23.5 Å². The third-order valence-electron chi connectivity index (χ3n) is 10.3. The number of carbonyl (C=O) groups is 6. The van der Waals surface area contributed by atoms with E-state index in [4.69, 9.17) is 0 Å². The highest BCUT2D eigenvalue weighted by atomic mass is 19.4. The smallest absolute Gasteiger partial charge is 0.346 e. The zero-order chi connectivity index (χ0) is 38.0. The molecule has 0 aromatic heterocycles. The van der Waals surface area contributed by atoms with E-state index in [0.29, 0.717) is 19.5 Å². The van der Waals surface area contributed by atoms with Crippen LogP contribution in [-0.4, -0.2) is 102 Å². The summed E-state index contributed by atoms with van der Waals surface area (Å²) in [5, 5.41) is 10.4. The van der Waals surface area contributed by atoms with Crippen molar-refractivity contribution in [1.82, 2.24) is 31.1 Å². The van der Waals surface area contributed by atoms with Crippen molar-refractivity contribution < 1.29 is 41.9 Å². The van der Waals surface area contributed by atoms with Gasteiger partial charge in [0.05, 0.1) is 12.1 Å². The first kappa shape index (κ1) is 40.8. The number of hydrogen-bond acceptors (Lipinski definition) is 6. The van der Waals surface area contributed by atoms with E-state index in [1.165, 1.54) is 11.0 Å². The van der Waals surface area contributed by atoms with Crippen LogP contribution in [-0.2, 0) is 24.0 Å². The number of piperidine rings is 2. The molecule has 0 spiro atoms. The molecule has 0 bridgehead atoms.